The molecule has 1 amide bonds. The van der Waals surface area contributed by atoms with Gasteiger partial charge < -0.3 is 10.4 Å². The van der Waals surface area contributed by atoms with Crippen molar-refractivity contribution >= 4 is 11.6 Å². The molecule has 104 valence electrons. The van der Waals surface area contributed by atoms with Crippen molar-refractivity contribution in [2.75, 3.05) is 31.6 Å². The Labute approximate surface area is 114 Å². The van der Waals surface area contributed by atoms with Crippen molar-refractivity contribution in [1.82, 2.24) is 4.90 Å². The fourth-order valence-corrected chi connectivity index (χ4v) is 2.60. The molecule has 2 N–H and O–H groups in total. The van der Waals surface area contributed by atoms with Crippen LogP contribution in [0.2, 0.25) is 0 Å². The first-order chi connectivity index (χ1) is 9.17. The first-order valence-electron chi connectivity index (χ1n) is 6.87. The number of amides is 1. The molecule has 1 heterocycles. The van der Waals surface area contributed by atoms with Crippen LogP contribution >= 0.6 is 0 Å². The highest BCUT2D eigenvalue weighted by Crippen LogP contribution is 2.19. The maximum Gasteiger partial charge on any atom is 0.238 e. The fraction of sp³-hybridized carbons (Fsp3) is 0.533. The van der Waals surface area contributed by atoms with Crippen LogP contribution in [-0.4, -0.2) is 42.2 Å². The van der Waals surface area contributed by atoms with E-state index >= 15 is 0 Å². The van der Waals surface area contributed by atoms with E-state index in [4.69, 9.17) is 5.11 Å². The molecule has 1 aliphatic rings. The van der Waals surface area contributed by atoms with Gasteiger partial charge in [-0.25, -0.2) is 0 Å². The molecule has 1 fully saturated rings. The molecule has 1 aromatic rings. The van der Waals surface area contributed by atoms with E-state index in [1.165, 1.54) is 0 Å². The number of hydrogen-bond donors (Lipinski definition) is 2. The molecule has 19 heavy (non-hydrogen) atoms. The minimum Gasteiger partial charge on any atom is -0.396 e. The predicted octanol–water partition coefficient (Wildman–Crippen LogP) is 1.64. The van der Waals surface area contributed by atoms with E-state index in [9.17, 15) is 4.79 Å². The van der Waals surface area contributed by atoms with Crippen LogP contribution in [0.1, 0.15) is 18.4 Å². The van der Waals surface area contributed by atoms with Gasteiger partial charge in [-0.1, -0.05) is 12.1 Å². The molecule has 4 nitrogen and oxygen atoms in total. The molecule has 1 atom stereocenters. The Hall–Kier alpha value is -1.39. The molecule has 1 saturated heterocycles. The summed E-state index contributed by atoms with van der Waals surface area (Å²) in [6, 6.07) is 7.83. The fourth-order valence-electron chi connectivity index (χ4n) is 2.60. The SMILES string of the molecule is Cc1cccc(NC(=O)CN2CCC(CCO)C2)c1. The number of benzene rings is 1. The topological polar surface area (TPSA) is 52.6 Å². The van der Waals surface area contributed by atoms with Gasteiger partial charge in [-0.3, -0.25) is 9.69 Å². The van der Waals surface area contributed by atoms with Crippen LogP contribution in [0.3, 0.4) is 0 Å². The molecule has 1 aromatic carbocycles. The third-order valence-electron chi connectivity index (χ3n) is 3.58. The molecule has 0 aromatic heterocycles. The highest BCUT2D eigenvalue weighted by molar-refractivity contribution is 5.92. The van der Waals surface area contributed by atoms with Crippen LogP contribution in [0.25, 0.3) is 0 Å². The molecule has 0 radical (unpaired) electrons. The average Bonchev–Trinajstić information content (AvgIpc) is 2.77. The molecule has 0 aliphatic carbocycles. The standard InChI is InChI=1S/C15H22N2O2/c1-12-3-2-4-14(9-12)16-15(19)11-17-7-5-13(10-17)6-8-18/h2-4,9,13,18H,5-8,10-11H2,1H3,(H,16,19). The molecule has 1 aliphatic heterocycles. The van der Waals surface area contributed by atoms with Gasteiger partial charge in [0.25, 0.3) is 0 Å². The van der Waals surface area contributed by atoms with Crippen LogP contribution in [-0.2, 0) is 4.79 Å². The van der Waals surface area contributed by atoms with E-state index in [0.717, 1.165) is 37.2 Å². The first-order valence-corrected chi connectivity index (χ1v) is 6.87. The lowest BCUT2D eigenvalue weighted by Gasteiger charge is -2.15. The molecule has 0 saturated carbocycles. The number of hydrogen-bond acceptors (Lipinski definition) is 3. The Morgan fingerprint density at radius 1 is 1.53 bits per heavy atom. The Balaban J connectivity index is 1.79. The average molecular weight is 262 g/mol. The quantitative estimate of drug-likeness (QED) is 0.848. The number of nitrogens with one attached hydrogen (secondary N) is 1. The van der Waals surface area contributed by atoms with E-state index in [1.54, 1.807) is 0 Å². The highest BCUT2D eigenvalue weighted by atomic mass is 16.3. The molecule has 4 heteroatoms. The summed E-state index contributed by atoms with van der Waals surface area (Å²) in [6.45, 7) is 4.56. The summed E-state index contributed by atoms with van der Waals surface area (Å²) in [5.41, 5.74) is 2.00. The van der Waals surface area contributed by atoms with E-state index in [-0.39, 0.29) is 12.5 Å². The number of carbonyl (C=O) groups is 1. The van der Waals surface area contributed by atoms with E-state index in [1.807, 2.05) is 31.2 Å². The molecule has 0 spiro atoms. The van der Waals surface area contributed by atoms with Gasteiger partial charge in [0.2, 0.25) is 5.91 Å². The number of aliphatic hydroxyl groups excluding tert-OH is 1. The molecule has 0 bridgehead atoms. The van der Waals surface area contributed by atoms with Gasteiger partial charge >= 0.3 is 0 Å². The summed E-state index contributed by atoms with van der Waals surface area (Å²) < 4.78 is 0. The number of aryl methyl sites for hydroxylation is 1. The van der Waals surface area contributed by atoms with Gasteiger partial charge in [0.05, 0.1) is 6.54 Å². The highest BCUT2D eigenvalue weighted by Gasteiger charge is 2.23. The van der Waals surface area contributed by atoms with Gasteiger partial charge in [-0.2, -0.15) is 0 Å². The summed E-state index contributed by atoms with van der Waals surface area (Å²) in [5, 5.41) is 11.8. The number of nitrogens with zero attached hydrogens (tertiary/aromatic N) is 1. The Kier molecular flexibility index (Phi) is 4.93. The van der Waals surface area contributed by atoms with Crippen LogP contribution in [0.4, 0.5) is 5.69 Å². The lowest BCUT2D eigenvalue weighted by Crippen LogP contribution is -2.31. The van der Waals surface area contributed by atoms with Crippen LogP contribution < -0.4 is 5.32 Å². The molecule has 1 unspecified atom stereocenters. The predicted molar refractivity (Wildman–Crippen MR) is 76.1 cm³/mol. The number of carbonyl (C=O) groups excluding carboxylic acids is 1. The second-order valence-electron chi connectivity index (χ2n) is 5.32. The van der Waals surface area contributed by atoms with Crippen LogP contribution in [0.5, 0.6) is 0 Å². The second-order valence-corrected chi connectivity index (χ2v) is 5.32. The number of aliphatic hydroxyl groups is 1. The largest absolute Gasteiger partial charge is 0.396 e. The molecular weight excluding hydrogens is 240 g/mol. The minimum absolute atomic E-state index is 0.0373. The zero-order valence-electron chi connectivity index (χ0n) is 11.4. The van der Waals surface area contributed by atoms with Crippen molar-refractivity contribution in [3.05, 3.63) is 29.8 Å². The lowest BCUT2D eigenvalue weighted by atomic mass is 10.1. The zero-order valence-corrected chi connectivity index (χ0v) is 11.4. The zero-order chi connectivity index (χ0) is 13.7. The van der Waals surface area contributed by atoms with Crippen molar-refractivity contribution in [2.24, 2.45) is 5.92 Å². The first kappa shape index (κ1) is 14.0. The third-order valence-corrected chi connectivity index (χ3v) is 3.58. The van der Waals surface area contributed by atoms with Crippen molar-refractivity contribution in [3.8, 4) is 0 Å². The maximum atomic E-state index is 11.9. The van der Waals surface area contributed by atoms with Gasteiger partial charge in [0, 0.05) is 18.8 Å². The summed E-state index contributed by atoms with van der Waals surface area (Å²) in [5.74, 6) is 0.576. The maximum absolute atomic E-state index is 11.9. The summed E-state index contributed by atoms with van der Waals surface area (Å²) in [6.07, 6.45) is 1.92. The summed E-state index contributed by atoms with van der Waals surface area (Å²) in [7, 11) is 0. The van der Waals surface area contributed by atoms with Crippen LogP contribution in [0.15, 0.2) is 24.3 Å². The summed E-state index contributed by atoms with van der Waals surface area (Å²) >= 11 is 0. The molecular formula is C15H22N2O2. The monoisotopic (exact) mass is 262 g/mol. The van der Waals surface area contributed by atoms with Gasteiger partial charge in [-0.15, -0.1) is 0 Å². The number of anilines is 1. The van der Waals surface area contributed by atoms with Crippen molar-refractivity contribution in [3.63, 3.8) is 0 Å². The molecule has 2 rings (SSSR count). The minimum atomic E-state index is 0.0373. The summed E-state index contributed by atoms with van der Waals surface area (Å²) in [4.78, 5) is 14.1. The van der Waals surface area contributed by atoms with Crippen molar-refractivity contribution < 1.29 is 9.90 Å². The van der Waals surface area contributed by atoms with Crippen molar-refractivity contribution in [1.29, 1.82) is 0 Å². The third kappa shape index (κ3) is 4.33. The van der Waals surface area contributed by atoms with E-state index < -0.39 is 0 Å². The Bertz CT molecular complexity index is 434. The smallest absolute Gasteiger partial charge is 0.238 e. The normalized spacial score (nSPS) is 19.6. The second kappa shape index (κ2) is 6.68. The van der Waals surface area contributed by atoms with E-state index in [0.29, 0.717) is 12.5 Å². The number of likely N-dealkylation sites (tertiary alicyclic amines) is 1. The van der Waals surface area contributed by atoms with Crippen LogP contribution in [0, 0.1) is 12.8 Å². The van der Waals surface area contributed by atoms with Gasteiger partial charge in [0.1, 0.15) is 0 Å². The lowest BCUT2D eigenvalue weighted by molar-refractivity contribution is -0.117. The Morgan fingerprint density at radius 2 is 2.37 bits per heavy atom. The van der Waals surface area contributed by atoms with E-state index in [2.05, 4.69) is 10.2 Å². The van der Waals surface area contributed by atoms with Gasteiger partial charge in [0.15, 0.2) is 0 Å². The van der Waals surface area contributed by atoms with Crippen molar-refractivity contribution in [2.45, 2.75) is 19.8 Å². The Morgan fingerprint density at radius 3 is 3.11 bits per heavy atom. The van der Waals surface area contributed by atoms with Gasteiger partial charge in [-0.05, 0) is 49.9 Å². The number of rotatable bonds is 5.